The van der Waals surface area contributed by atoms with E-state index in [2.05, 4.69) is 4.72 Å². The molecule has 0 atom stereocenters. The number of ether oxygens (including phenoxy) is 1. The maximum Gasteiger partial charge on any atom is 0.301 e. The van der Waals surface area contributed by atoms with E-state index in [4.69, 9.17) is 22.7 Å². The molecular weight excluding hydrogens is 298 g/mol. The summed E-state index contributed by atoms with van der Waals surface area (Å²) < 4.78 is 33.7. The van der Waals surface area contributed by atoms with Crippen molar-refractivity contribution in [2.24, 2.45) is 5.73 Å². The third kappa shape index (κ3) is 3.26. The average molecular weight is 315 g/mol. The van der Waals surface area contributed by atoms with Crippen LogP contribution in [0.1, 0.15) is 11.1 Å². The van der Waals surface area contributed by atoms with Crippen LogP contribution in [0.4, 0.5) is 5.69 Å². The van der Waals surface area contributed by atoms with Crippen molar-refractivity contribution in [1.29, 1.82) is 0 Å². The molecule has 1 saturated heterocycles. The molecule has 3 N–H and O–H groups in total. The molecule has 20 heavy (non-hydrogen) atoms. The second-order valence-electron chi connectivity index (χ2n) is 4.48. The summed E-state index contributed by atoms with van der Waals surface area (Å²) in [7, 11) is -3.62. The highest BCUT2D eigenvalue weighted by Crippen LogP contribution is 2.21. The number of thiocarbonyl (C=S) groups is 1. The van der Waals surface area contributed by atoms with E-state index in [0.29, 0.717) is 37.6 Å². The Kier molecular flexibility index (Phi) is 4.59. The topological polar surface area (TPSA) is 84.7 Å². The number of morpholine rings is 1. The summed E-state index contributed by atoms with van der Waals surface area (Å²) in [6.07, 6.45) is 0. The maximum absolute atomic E-state index is 12.3. The van der Waals surface area contributed by atoms with Crippen molar-refractivity contribution in [1.82, 2.24) is 4.31 Å². The minimum Gasteiger partial charge on any atom is -0.389 e. The second-order valence-corrected chi connectivity index (χ2v) is 6.59. The van der Waals surface area contributed by atoms with Crippen molar-refractivity contribution in [2.75, 3.05) is 31.0 Å². The average Bonchev–Trinajstić information content (AvgIpc) is 2.39. The number of benzene rings is 1. The van der Waals surface area contributed by atoms with Gasteiger partial charge < -0.3 is 10.5 Å². The lowest BCUT2D eigenvalue weighted by molar-refractivity contribution is 0.0733. The molecule has 0 radical (unpaired) electrons. The molecule has 1 aromatic carbocycles. The third-order valence-electron chi connectivity index (χ3n) is 3.07. The number of nitrogens with two attached hydrogens (primary N) is 1. The second kappa shape index (κ2) is 6.04. The zero-order valence-electron chi connectivity index (χ0n) is 11.1. The van der Waals surface area contributed by atoms with Gasteiger partial charge in [0.2, 0.25) is 0 Å². The molecule has 110 valence electrons. The first-order valence-electron chi connectivity index (χ1n) is 6.17. The van der Waals surface area contributed by atoms with Gasteiger partial charge in [-0.15, -0.1) is 0 Å². The number of hydrogen-bond donors (Lipinski definition) is 2. The van der Waals surface area contributed by atoms with E-state index in [0.717, 1.165) is 5.56 Å². The van der Waals surface area contributed by atoms with E-state index < -0.39 is 10.2 Å². The van der Waals surface area contributed by atoms with Gasteiger partial charge in [-0.05, 0) is 18.6 Å². The summed E-state index contributed by atoms with van der Waals surface area (Å²) in [6, 6.07) is 5.24. The normalized spacial score (nSPS) is 16.9. The molecule has 6 nitrogen and oxygen atoms in total. The third-order valence-corrected chi connectivity index (χ3v) is 4.80. The SMILES string of the molecule is Cc1cccc(NS(=O)(=O)N2CCOCC2)c1C(N)=S. The molecule has 0 amide bonds. The Bertz CT molecular complexity index is 610. The van der Waals surface area contributed by atoms with Crippen LogP contribution in [0.25, 0.3) is 0 Å². The fourth-order valence-electron chi connectivity index (χ4n) is 2.07. The van der Waals surface area contributed by atoms with Gasteiger partial charge in [-0.2, -0.15) is 12.7 Å². The number of nitrogens with zero attached hydrogens (tertiary/aromatic N) is 1. The predicted octanol–water partition coefficient (Wildman–Crippen LogP) is 0.618. The highest BCUT2D eigenvalue weighted by Gasteiger charge is 2.25. The Balaban J connectivity index is 2.29. The molecule has 1 aromatic rings. The summed E-state index contributed by atoms with van der Waals surface area (Å²) in [4.78, 5) is 0.169. The summed E-state index contributed by atoms with van der Waals surface area (Å²) in [5, 5.41) is 0. The van der Waals surface area contributed by atoms with Gasteiger partial charge in [0, 0.05) is 18.7 Å². The Labute approximate surface area is 124 Å². The predicted molar refractivity (Wildman–Crippen MR) is 82.0 cm³/mol. The number of hydrogen-bond acceptors (Lipinski definition) is 4. The van der Waals surface area contributed by atoms with E-state index in [-0.39, 0.29) is 4.99 Å². The quantitative estimate of drug-likeness (QED) is 0.796. The van der Waals surface area contributed by atoms with Crippen molar-refractivity contribution in [2.45, 2.75) is 6.92 Å². The minimum atomic E-state index is -3.62. The minimum absolute atomic E-state index is 0.169. The van der Waals surface area contributed by atoms with Crippen LogP contribution in [-0.2, 0) is 14.9 Å². The molecule has 1 heterocycles. The van der Waals surface area contributed by atoms with E-state index >= 15 is 0 Å². The van der Waals surface area contributed by atoms with E-state index in [9.17, 15) is 8.42 Å². The Morgan fingerprint density at radius 1 is 1.40 bits per heavy atom. The lowest BCUT2D eigenvalue weighted by Gasteiger charge is -2.27. The van der Waals surface area contributed by atoms with Crippen LogP contribution >= 0.6 is 12.2 Å². The molecule has 1 fully saturated rings. The molecule has 0 unspecified atom stereocenters. The molecule has 0 aliphatic carbocycles. The highest BCUT2D eigenvalue weighted by atomic mass is 32.2. The molecule has 8 heteroatoms. The molecule has 1 aliphatic rings. The first-order valence-corrected chi connectivity index (χ1v) is 8.01. The van der Waals surface area contributed by atoms with Gasteiger partial charge in [0.15, 0.2) is 0 Å². The van der Waals surface area contributed by atoms with Crippen LogP contribution in [0.2, 0.25) is 0 Å². The fraction of sp³-hybridized carbons (Fsp3) is 0.417. The smallest absolute Gasteiger partial charge is 0.301 e. The first-order chi connectivity index (χ1) is 9.42. The van der Waals surface area contributed by atoms with Gasteiger partial charge in [-0.25, -0.2) is 0 Å². The largest absolute Gasteiger partial charge is 0.389 e. The monoisotopic (exact) mass is 315 g/mol. The van der Waals surface area contributed by atoms with Crippen LogP contribution in [0, 0.1) is 6.92 Å². The van der Waals surface area contributed by atoms with Crippen LogP contribution in [0.5, 0.6) is 0 Å². The summed E-state index contributed by atoms with van der Waals surface area (Å²) in [6.45, 7) is 3.31. The summed E-state index contributed by atoms with van der Waals surface area (Å²) in [5.74, 6) is 0. The Morgan fingerprint density at radius 3 is 2.65 bits per heavy atom. The standard InChI is InChI=1S/C12H17N3O3S2/c1-9-3-2-4-10(11(9)12(13)19)14-20(16,17)15-5-7-18-8-6-15/h2-4,14H,5-8H2,1H3,(H2,13,19). The van der Waals surface area contributed by atoms with E-state index in [1.165, 1.54) is 4.31 Å². The highest BCUT2D eigenvalue weighted by molar-refractivity contribution is 7.90. The number of rotatable bonds is 4. The van der Waals surface area contributed by atoms with Gasteiger partial charge in [0.05, 0.1) is 18.9 Å². The van der Waals surface area contributed by atoms with E-state index in [1.54, 1.807) is 12.1 Å². The molecule has 0 aromatic heterocycles. The van der Waals surface area contributed by atoms with Gasteiger partial charge >= 0.3 is 10.2 Å². The van der Waals surface area contributed by atoms with Crippen LogP contribution < -0.4 is 10.5 Å². The van der Waals surface area contributed by atoms with Crippen molar-refractivity contribution < 1.29 is 13.2 Å². The molecule has 1 aliphatic heterocycles. The van der Waals surface area contributed by atoms with Crippen molar-refractivity contribution in [3.63, 3.8) is 0 Å². The zero-order valence-corrected chi connectivity index (χ0v) is 12.8. The lowest BCUT2D eigenvalue weighted by atomic mass is 10.1. The Hall–Kier alpha value is -1.22. The Morgan fingerprint density at radius 2 is 2.05 bits per heavy atom. The molecular formula is C12H17N3O3S2. The van der Waals surface area contributed by atoms with Crippen LogP contribution in [0.3, 0.4) is 0 Å². The number of anilines is 1. The first kappa shape index (κ1) is 15.2. The maximum atomic E-state index is 12.3. The van der Waals surface area contributed by atoms with Crippen LogP contribution in [-0.4, -0.2) is 44.0 Å². The van der Waals surface area contributed by atoms with Gasteiger partial charge in [-0.3, -0.25) is 4.72 Å². The zero-order chi connectivity index (χ0) is 14.8. The summed E-state index contributed by atoms with van der Waals surface area (Å²) in [5.41, 5.74) is 7.47. The van der Waals surface area contributed by atoms with Gasteiger partial charge in [-0.1, -0.05) is 24.4 Å². The molecule has 0 saturated carbocycles. The number of nitrogens with one attached hydrogen (secondary N) is 1. The van der Waals surface area contributed by atoms with Crippen molar-refractivity contribution in [3.8, 4) is 0 Å². The van der Waals surface area contributed by atoms with Gasteiger partial charge in [0.25, 0.3) is 0 Å². The van der Waals surface area contributed by atoms with Gasteiger partial charge in [0.1, 0.15) is 4.99 Å². The van der Waals surface area contributed by atoms with Crippen molar-refractivity contribution >= 4 is 33.1 Å². The number of aryl methyl sites for hydroxylation is 1. The molecule has 2 rings (SSSR count). The lowest BCUT2D eigenvalue weighted by Crippen LogP contribution is -2.43. The van der Waals surface area contributed by atoms with E-state index in [1.807, 2.05) is 13.0 Å². The molecule has 0 bridgehead atoms. The fourth-order valence-corrected chi connectivity index (χ4v) is 3.55. The van der Waals surface area contributed by atoms with Crippen LogP contribution in [0.15, 0.2) is 18.2 Å². The molecule has 0 spiro atoms. The summed E-state index contributed by atoms with van der Waals surface area (Å²) >= 11 is 4.99. The van der Waals surface area contributed by atoms with Crippen molar-refractivity contribution in [3.05, 3.63) is 29.3 Å².